The minimum absolute atomic E-state index is 0.152. The molecule has 9 heteroatoms. The van der Waals surface area contributed by atoms with Crippen molar-refractivity contribution in [3.63, 3.8) is 0 Å². The Hall–Kier alpha value is -4.14. The van der Waals surface area contributed by atoms with Crippen LogP contribution in [0.5, 0.6) is 11.5 Å². The number of ether oxygens (including phenoxy) is 2. The number of hydrogen-bond donors (Lipinski definition) is 0. The number of benzene rings is 2. The van der Waals surface area contributed by atoms with Gasteiger partial charge in [0.15, 0.2) is 0 Å². The Balaban J connectivity index is 1.40. The second-order valence-electron chi connectivity index (χ2n) is 7.85. The Morgan fingerprint density at radius 2 is 1.47 bits per heavy atom. The average Bonchev–Trinajstić information content (AvgIpc) is 2.89. The molecule has 1 aliphatic heterocycles. The summed E-state index contributed by atoms with van der Waals surface area (Å²) in [6.07, 6.45) is 0. The summed E-state index contributed by atoms with van der Waals surface area (Å²) in [5, 5.41) is 4.36. The van der Waals surface area contributed by atoms with Crippen LogP contribution in [-0.4, -0.2) is 71.8 Å². The number of amides is 2. The third-order valence-electron chi connectivity index (χ3n) is 5.74. The lowest BCUT2D eigenvalue weighted by Gasteiger charge is -2.35. The number of piperazine rings is 1. The number of rotatable bonds is 6. The molecule has 1 saturated heterocycles. The number of hydrogen-bond acceptors (Lipinski definition) is 6. The van der Waals surface area contributed by atoms with Crippen molar-refractivity contribution < 1.29 is 19.1 Å². The van der Waals surface area contributed by atoms with Gasteiger partial charge in [-0.3, -0.25) is 14.4 Å². The van der Waals surface area contributed by atoms with Crippen molar-refractivity contribution in [1.82, 2.24) is 19.6 Å². The molecule has 34 heavy (non-hydrogen) atoms. The highest BCUT2D eigenvalue weighted by atomic mass is 16.5. The van der Waals surface area contributed by atoms with Gasteiger partial charge in [-0.2, -0.15) is 5.10 Å². The average molecular weight is 463 g/mol. The van der Waals surface area contributed by atoms with Gasteiger partial charge in [-0.25, -0.2) is 4.68 Å². The van der Waals surface area contributed by atoms with Crippen molar-refractivity contribution in [2.24, 2.45) is 0 Å². The van der Waals surface area contributed by atoms with Gasteiger partial charge >= 0.3 is 0 Å². The van der Waals surface area contributed by atoms with Crippen LogP contribution in [0.3, 0.4) is 0 Å². The summed E-state index contributed by atoms with van der Waals surface area (Å²) < 4.78 is 11.7. The monoisotopic (exact) mass is 462 g/mol. The molecule has 4 rings (SSSR count). The van der Waals surface area contributed by atoms with Gasteiger partial charge < -0.3 is 19.3 Å². The SMILES string of the molecule is COc1cc(OC)cc(C(=O)N2CCN(C(=O)Cn3nc(-c4ccccc4)ccc3=O)CC2)c1. The maximum atomic E-state index is 13.0. The highest BCUT2D eigenvalue weighted by Gasteiger charge is 2.26. The van der Waals surface area contributed by atoms with E-state index < -0.39 is 0 Å². The van der Waals surface area contributed by atoms with Crippen LogP contribution in [0.4, 0.5) is 0 Å². The van der Waals surface area contributed by atoms with Crippen LogP contribution in [0, 0.1) is 0 Å². The number of nitrogens with zero attached hydrogens (tertiary/aromatic N) is 4. The molecule has 3 aromatic rings. The van der Waals surface area contributed by atoms with E-state index in [1.165, 1.54) is 25.0 Å². The predicted octanol–water partition coefficient (Wildman–Crippen LogP) is 1.91. The van der Waals surface area contributed by atoms with E-state index in [4.69, 9.17) is 9.47 Å². The second kappa shape index (κ2) is 10.2. The highest BCUT2D eigenvalue weighted by Crippen LogP contribution is 2.24. The summed E-state index contributed by atoms with van der Waals surface area (Å²) in [7, 11) is 3.06. The van der Waals surface area contributed by atoms with E-state index in [9.17, 15) is 14.4 Å². The van der Waals surface area contributed by atoms with E-state index >= 15 is 0 Å². The van der Waals surface area contributed by atoms with Crippen molar-refractivity contribution in [3.05, 3.63) is 76.6 Å². The first-order valence-electron chi connectivity index (χ1n) is 10.9. The van der Waals surface area contributed by atoms with Crippen LogP contribution in [0.2, 0.25) is 0 Å². The van der Waals surface area contributed by atoms with E-state index in [0.29, 0.717) is 48.9 Å². The lowest BCUT2D eigenvalue weighted by Crippen LogP contribution is -2.51. The van der Waals surface area contributed by atoms with Crippen LogP contribution in [0.25, 0.3) is 11.3 Å². The molecular formula is C25H26N4O5. The van der Waals surface area contributed by atoms with E-state index in [1.54, 1.807) is 34.1 Å². The van der Waals surface area contributed by atoms with Gasteiger partial charge in [0.05, 0.1) is 19.9 Å². The van der Waals surface area contributed by atoms with E-state index in [-0.39, 0.29) is 23.9 Å². The molecule has 1 aliphatic rings. The molecule has 2 heterocycles. The van der Waals surface area contributed by atoms with Crippen LogP contribution in [0.15, 0.2) is 65.5 Å². The molecule has 0 spiro atoms. The molecule has 1 fully saturated rings. The maximum Gasteiger partial charge on any atom is 0.267 e. The lowest BCUT2D eigenvalue weighted by molar-refractivity contribution is -0.133. The van der Waals surface area contributed by atoms with Gasteiger partial charge in [-0.15, -0.1) is 0 Å². The van der Waals surface area contributed by atoms with E-state index in [2.05, 4.69) is 5.10 Å². The van der Waals surface area contributed by atoms with Crippen molar-refractivity contribution in [2.45, 2.75) is 6.54 Å². The molecule has 176 valence electrons. The summed E-state index contributed by atoms with van der Waals surface area (Å²) in [4.78, 5) is 41.5. The zero-order valence-corrected chi connectivity index (χ0v) is 19.1. The van der Waals surface area contributed by atoms with Crippen LogP contribution >= 0.6 is 0 Å². The predicted molar refractivity (Wildman–Crippen MR) is 126 cm³/mol. The van der Waals surface area contributed by atoms with Gasteiger partial charge in [0, 0.05) is 49.4 Å². The Morgan fingerprint density at radius 3 is 2.09 bits per heavy atom. The minimum Gasteiger partial charge on any atom is -0.497 e. The fraction of sp³-hybridized carbons (Fsp3) is 0.280. The number of carbonyl (C=O) groups is 2. The van der Waals surface area contributed by atoms with Crippen LogP contribution in [0.1, 0.15) is 10.4 Å². The standard InChI is InChI=1S/C25H26N4O5/c1-33-20-14-19(15-21(16-20)34-2)25(32)28-12-10-27(11-13-28)24(31)17-29-23(30)9-8-22(26-29)18-6-4-3-5-7-18/h3-9,14-16H,10-13,17H2,1-2H3. The largest absolute Gasteiger partial charge is 0.497 e. The third-order valence-corrected chi connectivity index (χ3v) is 5.74. The van der Waals surface area contributed by atoms with Crippen LogP contribution < -0.4 is 15.0 Å². The Morgan fingerprint density at radius 1 is 0.853 bits per heavy atom. The molecule has 9 nitrogen and oxygen atoms in total. The van der Waals surface area contributed by atoms with Crippen LogP contribution in [-0.2, 0) is 11.3 Å². The lowest BCUT2D eigenvalue weighted by atomic mass is 10.1. The Labute approximate surface area is 197 Å². The van der Waals surface area contributed by atoms with Crippen molar-refractivity contribution in [1.29, 1.82) is 0 Å². The van der Waals surface area contributed by atoms with Gasteiger partial charge in [0.25, 0.3) is 11.5 Å². The second-order valence-corrected chi connectivity index (χ2v) is 7.85. The topological polar surface area (TPSA) is 94.0 Å². The maximum absolute atomic E-state index is 13.0. The van der Waals surface area contributed by atoms with Gasteiger partial charge in [-0.1, -0.05) is 30.3 Å². The first kappa shape index (κ1) is 23.0. The Kier molecular flexibility index (Phi) is 6.91. The zero-order chi connectivity index (χ0) is 24.1. The summed E-state index contributed by atoms with van der Waals surface area (Å²) in [6.45, 7) is 1.37. The minimum atomic E-state index is -0.339. The molecule has 0 N–H and O–H groups in total. The fourth-order valence-electron chi connectivity index (χ4n) is 3.83. The summed E-state index contributed by atoms with van der Waals surface area (Å²) in [5.74, 6) is 0.701. The molecule has 2 amide bonds. The fourth-order valence-corrected chi connectivity index (χ4v) is 3.83. The van der Waals surface area contributed by atoms with E-state index in [0.717, 1.165) is 5.56 Å². The normalized spacial score (nSPS) is 13.5. The molecule has 0 bridgehead atoms. The van der Waals surface area contributed by atoms with Crippen molar-refractivity contribution in [3.8, 4) is 22.8 Å². The summed E-state index contributed by atoms with van der Waals surface area (Å²) in [6, 6.07) is 17.6. The molecule has 0 atom stereocenters. The molecule has 0 unspecified atom stereocenters. The van der Waals surface area contributed by atoms with Crippen molar-refractivity contribution in [2.75, 3.05) is 40.4 Å². The molecule has 0 radical (unpaired) electrons. The van der Waals surface area contributed by atoms with Crippen molar-refractivity contribution >= 4 is 11.8 Å². The van der Waals surface area contributed by atoms with E-state index in [1.807, 2.05) is 30.3 Å². The molecule has 0 aliphatic carbocycles. The summed E-state index contributed by atoms with van der Waals surface area (Å²) >= 11 is 0. The first-order valence-corrected chi connectivity index (χ1v) is 10.9. The van der Waals surface area contributed by atoms with Gasteiger partial charge in [-0.05, 0) is 18.2 Å². The molecule has 1 aromatic heterocycles. The first-order chi connectivity index (χ1) is 16.5. The van der Waals surface area contributed by atoms with Gasteiger partial charge in [0.1, 0.15) is 18.0 Å². The Bertz CT molecular complexity index is 1210. The zero-order valence-electron chi connectivity index (χ0n) is 19.1. The smallest absolute Gasteiger partial charge is 0.267 e. The molecule has 0 saturated carbocycles. The third kappa shape index (κ3) is 5.09. The number of carbonyl (C=O) groups excluding carboxylic acids is 2. The molecular weight excluding hydrogens is 436 g/mol. The van der Waals surface area contributed by atoms with Gasteiger partial charge in [0.2, 0.25) is 5.91 Å². The summed E-state index contributed by atoms with van der Waals surface area (Å²) in [5.41, 5.74) is 1.61. The number of methoxy groups -OCH3 is 2. The highest BCUT2D eigenvalue weighted by molar-refractivity contribution is 5.95. The quantitative estimate of drug-likeness (QED) is 0.556. The molecule has 2 aromatic carbocycles. The number of aromatic nitrogens is 2.